The highest BCUT2D eigenvalue weighted by Crippen LogP contribution is 2.36. The van der Waals surface area contributed by atoms with Crippen molar-refractivity contribution >= 4 is 50.7 Å². The summed E-state index contributed by atoms with van der Waals surface area (Å²) in [6.45, 7) is 0. The number of sulfonamides is 1. The molecule has 0 atom stereocenters. The van der Waals surface area contributed by atoms with Crippen LogP contribution in [0.4, 0.5) is 5.69 Å². The van der Waals surface area contributed by atoms with Gasteiger partial charge in [0.2, 0.25) is 10.0 Å². The lowest BCUT2D eigenvalue weighted by molar-refractivity contribution is 0.597. The molecule has 0 fully saturated rings. The Hall–Kier alpha value is -0.920. The van der Waals surface area contributed by atoms with E-state index in [9.17, 15) is 8.42 Å². The monoisotopic (exact) mass is 348 g/mol. The number of rotatable bonds is 3. The number of hydrogen-bond donors (Lipinski definition) is 2. The van der Waals surface area contributed by atoms with Gasteiger partial charge in [0, 0.05) is 20.5 Å². The predicted molar refractivity (Wildman–Crippen MR) is 82.8 cm³/mol. The molecule has 2 aromatic rings. The van der Waals surface area contributed by atoms with E-state index in [2.05, 4.69) is 0 Å². The first-order valence-corrected chi connectivity index (χ1v) is 8.44. The lowest BCUT2D eigenvalue weighted by Gasteiger charge is -2.08. The Balaban J connectivity index is 2.44. The maximum absolute atomic E-state index is 11.4. The third-order valence-electron chi connectivity index (χ3n) is 2.35. The van der Waals surface area contributed by atoms with Gasteiger partial charge < -0.3 is 5.73 Å². The lowest BCUT2D eigenvalue weighted by atomic mass is 10.3. The summed E-state index contributed by atoms with van der Waals surface area (Å²) in [5.41, 5.74) is 5.99. The molecule has 8 heteroatoms. The van der Waals surface area contributed by atoms with E-state index in [1.54, 1.807) is 24.3 Å². The molecular weight excluding hydrogens is 339 g/mol. The number of nitrogens with two attached hydrogens (primary N) is 2. The van der Waals surface area contributed by atoms with Crippen molar-refractivity contribution in [1.29, 1.82) is 0 Å². The third kappa shape index (κ3) is 3.80. The highest BCUT2D eigenvalue weighted by Gasteiger charge is 2.12. The number of halogens is 2. The van der Waals surface area contributed by atoms with Crippen molar-refractivity contribution in [3.05, 3.63) is 46.4 Å². The molecule has 20 heavy (non-hydrogen) atoms. The Kier molecular flexibility index (Phi) is 4.51. The molecule has 0 unspecified atom stereocenters. The van der Waals surface area contributed by atoms with Gasteiger partial charge in [0.25, 0.3) is 0 Å². The summed E-state index contributed by atoms with van der Waals surface area (Å²) in [5, 5.41) is 6.15. The zero-order valence-corrected chi connectivity index (χ0v) is 13.2. The molecule has 0 radical (unpaired) electrons. The first-order chi connectivity index (χ1) is 9.25. The molecule has 0 aliphatic carbocycles. The van der Waals surface area contributed by atoms with Crippen molar-refractivity contribution in [2.45, 2.75) is 14.7 Å². The molecule has 0 spiro atoms. The van der Waals surface area contributed by atoms with Gasteiger partial charge in [-0.05, 0) is 36.4 Å². The van der Waals surface area contributed by atoms with Crippen LogP contribution < -0.4 is 10.9 Å². The van der Waals surface area contributed by atoms with Gasteiger partial charge in [0.05, 0.1) is 9.92 Å². The second kappa shape index (κ2) is 5.83. The van der Waals surface area contributed by atoms with Crippen LogP contribution in [0.3, 0.4) is 0 Å². The maximum Gasteiger partial charge on any atom is 0.238 e. The van der Waals surface area contributed by atoms with E-state index >= 15 is 0 Å². The number of benzene rings is 2. The molecule has 0 aliphatic heterocycles. The first kappa shape index (κ1) is 15.5. The normalized spacial score (nSPS) is 11.6. The molecule has 4 N–H and O–H groups in total. The molecule has 4 nitrogen and oxygen atoms in total. The van der Waals surface area contributed by atoms with Crippen molar-refractivity contribution in [3.8, 4) is 0 Å². The van der Waals surface area contributed by atoms with Crippen LogP contribution in [0.15, 0.2) is 51.1 Å². The Bertz CT molecular complexity index is 764. The third-order valence-corrected chi connectivity index (χ3v) is 4.95. The molecule has 0 amide bonds. The minimum atomic E-state index is -3.81. The molecule has 0 aromatic heterocycles. The smallest absolute Gasteiger partial charge is 0.238 e. The second-order valence-corrected chi connectivity index (χ2v) is 7.48. The van der Waals surface area contributed by atoms with Gasteiger partial charge in [-0.3, -0.25) is 0 Å². The highest BCUT2D eigenvalue weighted by atomic mass is 35.5. The summed E-state index contributed by atoms with van der Waals surface area (Å²) >= 11 is 13.2. The molecule has 0 heterocycles. The zero-order chi connectivity index (χ0) is 14.9. The highest BCUT2D eigenvalue weighted by molar-refractivity contribution is 7.99. The second-order valence-electron chi connectivity index (χ2n) is 3.96. The predicted octanol–water partition coefficient (Wildman–Crippen LogP) is 3.37. The van der Waals surface area contributed by atoms with E-state index in [1.165, 1.54) is 23.9 Å². The molecule has 0 saturated carbocycles. The minimum absolute atomic E-state index is 0.0434. The van der Waals surface area contributed by atoms with E-state index in [0.29, 0.717) is 25.5 Å². The molecule has 2 rings (SSSR count). The van der Waals surface area contributed by atoms with Gasteiger partial charge in [-0.25, -0.2) is 13.6 Å². The van der Waals surface area contributed by atoms with Crippen LogP contribution in [0.25, 0.3) is 0 Å². The lowest BCUT2D eigenvalue weighted by Crippen LogP contribution is -2.12. The standard InChI is InChI=1S/C12H10Cl2N2O2S2/c13-7-1-2-11(14)12(3-7)19-9-4-8(15)5-10(6-9)20(16,17)18/h1-6H,15H2,(H2,16,17,18). The minimum Gasteiger partial charge on any atom is -0.399 e. The Morgan fingerprint density at radius 3 is 2.40 bits per heavy atom. The Morgan fingerprint density at radius 1 is 1.05 bits per heavy atom. The first-order valence-electron chi connectivity index (χ1n) is 5.32. The van der Waals surface area contributed by atoms with Crippen LogP contribution in [0.2, 0.25) is 10.0 Å². The fraction of sp³-hybridized carbons (Fsp3) is 0. The maximum atomic E-state index is 11.4. The summed E-state index contributed by atoms with van der Waals surface area (Å²) in [7, 11) is -3.81. The van der Waals surface area contributed by atoms with Gasteiger partial charge in [0.15, 0.2) is 0 Å². The quantitative estimate of drug-likeness (QED) is 0.832. The van der Waals surface area contributed by atoms with Gasteiger partial charge >= 0.3 is 0 Å². The van der Waals surface area contributed by atoms with Crippen LogP contribution in [0, 0.1) is 0 Å². The summed E-state index contributed by atoms with van der Waals surface area (Å²) in [6.07, 6.45) is 0. The zero-order valence-electron chi connectivity index (χ0n) is 10.0. The van der Waals surface area contributed by atoms with Crippen molar-refractivity contribution < 1.29 is 8.42 Å². The molecular formula is C12H10Cl2N2O2S2. The molecule has 0 aliphatic rings. The number of primary sulfonamides is 1. The Morgan fingerprint density at radius 2 is 1.75 bits per heavy atom. The average molecular weight is 349 g/mol. The number of hydrogen-bond acceptors (Lipinski definition) is 4. The van der Waals surface area contributed by atoms with Crippen molar-refractivity contribution in [2.24, 2.45) is 5.14 Å². The SMILES string of the molecule is Nc1cc(Sc2cc(Cl)ccc2Cl)cc(S(N)(=O)=O)c1. The van der Waals surface area contributed by atoms with Crippen LogP contribution in [-0.2, 0) is 10.0 Å². The van der Waals surface area contributed by atoms with Crippen LogP contribution in [0.1, 0.15) is 0 Å². The fourth-order valence-corrected chi connectivity index (χ4v) is 3.62. The number of anilines is 1. The van der Waals surface area contributed by atoms with E-state index in [1.807, 2.05) is 0 Å². The van der Waals surface area contributed by atoms with E-state index in [0.717, 1.165) is 0 Å². The molecule has 106 valence electrons. The summed E-state index contributed by atoms with van der Waals surface area (Å²) in [5.74, 6) is 0. The van der Waals surface area contributed by atoms with E-state index in [4.69, 9.17) is 34.1 Å². The van der Waals surface area contributed by atoms with Gasteiger partial charge in [-0.2, -0.15) is 0 Å². The number of nitrogen functional groups attached to an aromatic ring is 1. The molecule has 0 saturated heterocycles. The van der Waals surface area contributed by atoms with Crippen molar-refractivity contribution in [1.82, 2.24) is 0 Å². The molecule has 2 aromatic carbocycles. The van der Waals surface area contributed by atoms with Crippen molar-refractivity contribution in [3.63, 3.8) is 0 Å². The van der Waals surface area contributed by atoms with Crippen LogP contribution in [0.5, 0.6) is 0 Å². The molecule has 0 bridgehead atoms. The summed E-state index contributed by atoms with van der Waals surface area (Å²) < 4.78 is 22.8. The van der Waals surface area contributed by atoms with Gasteiger partial charge in [0.1, 0.15) is 0 Å². The van der Waals surface area contributed by atoms with E-state index < -0.39 is 10.0 Å². The van der Waals surface area contributed by atoms with Crippen LogP contribution >= 0.6 is 35.0 Å². The van der Waals surface area contributed by atoms with Gasteiger partial charge in [-0.15, -0.1) is 0 Å². The summed E-state index contributed by atoms with van der Waals surface area (Å²) in [6, 6.07) is 9.40. The average Bonchev–Trinajstić information content (AvgIpc) is 2.32. The summed E-state index contributed by atoms with van der Waals surface area (Å²) in [4.78, 5) is 1.27. The largest absolute Gasteiger partial charge is 0.399 e. The topological polar surface area (TPSA) is 86.2 Å². The Labute approximate surface area is 131 Å². The van der Waals surface area contributed by atoms with Gasteiger partial charge in [-0.1, -0.05) is 35.0 Å². The van der Waals surface area contributed by atoms with Crippen LogP contribution in [-0.4, -0.2) is 8.42 Å². The van der Waals surface area contributed by atoms with Crippen molar-refractivity contribution in [2.75, 3.05) is 5.73 Å². The van der Waals surface area contributed by atoms with E-state index in [-0.39, 0.29) is 4.90 Å². The fourth-order valence-electron chi connectivity index (χ4n) is 1.50.